The minimum absolute atomic E-state index is 0.237. The van der Waals surface area contributed by atoms with E-state index in [0.29, 0.717) is 12.2 Å². The first-order valence-corrected chi connectivity index (χ1v) is 4.59. The number of ether oxygens (including phenoxy) is 1. The van der Waals surface area contributed by atoms with E-state index in [2.05, 4.69) is 0 Å². The average Bonchev–Trinajstić information content (AvgIpc) is 2.10. The van der Waals surface area contributed by atoms with Crippen LogP contribution < -0.4 is 4.74 Å². The maximum Gasteiger partial charge on any atom is 0.122 e. The van der Waals surface area contributed by atoms with E-state index in [1.165, 1.54) is 0 Å². The Hall–Kier alpha value is -1.22. The molecule has 3 heteroatoms. The Balaban J connectivity index is 3.07. The molecule has 0 radical (unpaired) electrons. The smallest absolute Gasteiger partial charge is 0.122 e. The van der Waals surface area contributed by atoms with Crippen LogP contribution in [0.15, 0.2) is 12.1 Å². The van der Waals surface area contributed by atoms with Crippen molar-refractivity contribution in [2.24, 2.45) is 0 Å². The fourth-order valence-corrected chi connectivity index (χ4v) is 1.38. The van der Waals surface area contributed by atoms with Crippen LogP contribution >= 0.6 is 0 Å². The minimum atomic E-state index is -0.439. The Morgan fingerprint density at radius 1 is 1.43 bits per heavy atom. The van der Waals surface area contributed by atoms with Gasteiger partial charge in [-0.05, 0) is 31.5 Å². The summed E-state index contributed by atoms with van der Waals surface area (Å²) in [5.41, 5.74) is 1.60. The number of phenolic OH excluding ortho intramolecular Hbond substituents is 1. The number of aryl methyl sites for hydroxylation is 1. The third kappa shape index (κ3) is 2.39. The summed E-state index contributed by atoms with van der Waals surface area (Å²) in [6.45, 7) is 3.51. The topological polar surface area (TPSA) is 49.7 Å². The van der Waals surface area contributed by atoms with Crippen molar-refractivity contribution in [3.8, 4) is 11.5 Å². The normalized spacial score (nSPS) is 12.6. The molecule has 1 aromatic rings. The van der Waals surface area contributed by atoms with Crippen LogP contribution in [0.1, 0.15) is 18.1 Å². The van der Waals surface area contributed by atoms with Crippen molar-refractivity contribution in [2.75, 3.05) is 7.11 Å². The number of benzene rings is 1. The number of methoxy groups -OCH3 is 1. The molecule has 0 spiro atoms. The van der Waals surface area contributed by atoms with Crippen LogP contribution in [0.3, 0.4) is 0 Å². The monoisotopic (exact) mass is 196 g/mol. The fraction of sp³-hybridized carbons (Fsp3) is 0.455. The molecule has 0 aliphatic carbocycles. The average molecular weight is 196 g/mol. The largest absolute Gasteiger partial charge is 0.508 e. The van der Waals surface area contributed by atoms with Gasteiger partial charge in [0.15, 0.2) is 0 Å². The molecule has 0 aromatic heterocycles. The van der Waals surface area contributed by atoms with Gasteiger partial charge in [-0.15, -0.1) is 0 Å². The van der Waals surface area contributed by atoms with Gasteiger partial charge in [0, 0.05) is 12.0 Å². The quantitative estimate of drug-likeness (QED) is 0.772. The van der Waals surface area contributed by atoms with Crippen molar-refractivity contribution in [1.29, 1.82) is 0 Å². The van der Waals surface area contributed by atoms with Crippen molar-refractivity contribution in [3.63, 3.8) is 0 Å². The Labute approximate surface area is 84.0 Å². The van der Waals surface area contributed by atoms with E-state index < -0.39 is 6.10 Å². The molecule has 78 valence electrons. The maximum absolute atomic E-state index is 9.50. The maximum atomic E-state index is 9.50. The third-order valence-electron chi connectivity index (χ3n) is 2.11. The van der Waals surface area contributed by atoms with E-state index in [1.54, 1.807) is 26.2 Å². The highest BCUT2D eigenvalue weighted by atomic mass is 16.5. The summed E-state index contributed by atoms with van der Waals surface area (Å²) in [6, 6.07) is 3.41. The number of phenols is 1. The number of rotatable bonds is 3. The lowest BCUT2D eigenvalue weighted by Crippen LogP contribution is -2.05. The summed E-state index contributed by atoms with van der Waals surface area (Å²) in [7, 11) is 1.58. The van der Waals surface area contributed by atoms with Gasteiger partial charge in [0.05, 0.1) is 13.2 Å². The van der Waals surface area contributed by atoms with Gasteiger partial charge in [-0.25, -0.2) is 0 Å². The molecule has 1 aromatic carbocycles. The van der Waals surface area contributed by atoms with E-state index in [0.717, 1.165) is 11.1 Å². The molecular formula is C11H16O3. The highest BCUT2D eigenvalue weighted by Crippen LogP contribution is 2.28. The molecule has 0 bridgehead atoms. The van der Waals surface area contributed by atoms with Crippen LogP contribution in [0.5, 0.6) is 11.5 Å². The number of hydrogen-bond acceptors (Lipinski definition) is 3. The Morgan fingerprint density at radius 2 is 2.07 bits per heavy atom. The summed E-state index contributed by atoms with van der Waals surface area (Å²) in [5.74, 6) is 0.947. The molecule has 14 heavy (non-hydrogen) atoms. The van der Waals surface area contributed by atoms with Crippen LogP contribution in [-0.4, -0.2) is 23.4 Å². The molecule has 0 unspecified atom stereocenters. The second-order valence-electron chi connectivity index (χ2n) is 3.50. The summed E-state index contributed by atoms with van der Waals surface area (Å²) in [5, 5.41) is 18.7. The van der Waals surface area contributed by atoms with E-state index in [1.807, 2.05) is 6.92 Å². The molecule has 2 N–H and O–H groups in total. The first kappa shape index (κ1) is 10.9. The van der Waals surface area contributed by atoms with Crippen molar-refractivity contribution in [3.05, 3.63) is 23.3 Å². The zero-order valence-electron chi connectivity index (χ0n) is 8.74. The number of aromatic hydroxyl groups is 1. The first-order valence-electron chi connectivity index (χ1n) is 4.59. The Morgan fingerprint density at radius 3 is 2.57 bits per heavy atom. The van der Waals surface area contributed by atoms with Crippen molar-refractivity contribution < 1.29 is 14.9 Å². The van der Waals surface area contributed by atoms with Gasteiger partial charge < -0.3 is 14.9 Å². The third-order valence-corrected chi connectivity index (χ3v) is 2.11. The lowest BCUT2D eigenvalue weighted by atomic mass is 10.0. The molecule has 0 heterocycles. The molecule has 0 aliphatic heterocycles. The highest BCUT2D eigenvalue weighted by Gasteiger charge is 2.09. The van der Waals surface area contributed by atoms with Gasteiger partial charge in [0.25, 0.3) is 0 Å². The van der Waals surface area contributed by atoms with E-state index in [9.17, 15) is 10.2 Å². The first-order chi connectivity index (χ1) is 6.54. The molecule has 0 saturated carbocycles. The predicted octanol–water partition coefficient (Wildman–Crippen LogP) is 1.63. The molecular weight excluding hydrogens is 180 g/mol. The van der Waals surface area contributed by atoms with Gasteiger partial charge in [0.2, 0.25) is 0 Å². The number of aliphatic hydroxyl groups excluding tert-OH is 1. The molecule has 0 fully saturated rings. The van der Waals surface area contributed by atoms with Gasteiger partial charge in [0.1, 0.15) is 11.5 Å². The van der Waals surface area contributed by atoms with Gasteiger partial charge in [-0.3, -0.25) is 0 Å². The van der Waals surface area contributed by atoms with Crippen LogP contribution in [0.25, 0.3) is 0 Å². The molecule has 1 atom stereocenters. The van der Waals surface area contributed by atoms with Gasteiger partial charge >= 0.3 is 0 Å². The molecule has 0 aliphatic rings. The van der Waals surface area contributed by atoms with Crippen LogP contribution in [0.4, 0.5) is 0 Å². The molecule has 0 amide bonds. The lowest BCUT2D eigenvalue weighted by Gasteiger charge is -2.12. The zero-order chi connectivity index (χ0) is 10.7. The van der Waals surface area contributed by atoms with Crippen LogP contribution in [-0.2, 0) is 6.42 Å². The summed E-state index contributed by atoms with van der Waals surface area (Å²) in [6.07, 6.45) is 0.0443. The molecule has 0 saturated heterocycles. The zero-order valence-corrected chi connectivity index (χ0v) is 8.74. The van der Waals surface area contributed by atoms with Crippen molar-refractivity contribution in [2.45, 2.75) is 26.4 Å². The number of hydrogen-bond donors (Lipinski definition) is 2. The van der Waals surface area contributed by atoms with Crippen LogP contribution in [0.2, 0.25) is 0 Å². The Kier molecular flexibility index (Phi) is 3.36. The predicted molar refractivity (Wildman–Crippen MR) is 54.8 cm³/mol. The van der Waals surface area contributed by atoms with Gasteiger partial charge in [-0.1, -0.05) is 0 Å². The minimum Gasteiger partial charge on any atom is -0.508 e. The summed E-state index contributed by atoms with van der Waals surface area (Å²) < 4.78 is 5.16. The van der Waals surface area contributed by atoms with E-state index in [4.69, 9.17) is 4.74 Å². The van der Waals surface area contributed by atoms with E-state index >= 15 is 0 Å². The Bertz CT molecular complexity index is 319. The van der Waals surface area contributed by atoms with Crippen molar-refractivity contribution >= 4 is 0 Å². The van der Waals surface area contributed by atoms with Gasteiger partial charge in [-0.2, -0.15) is 0 Å². The lowest BCUT2D eigenvalue weighted by molar-refractivity contribution is 0.194. The van der Waals surface area contributed by atoms with E-state index in [-0.39, 0.29) is 5.75 Å². The molecule has 1 rings (SSSR count). The highest BCUT2D eigenvalue weighted by molar-refractivity contribution is 5.45. The second-order valence-corrected chi connectivity index (χ2v) is 3.50. The van der Waals surface area contributed by atoms with Crippen molar-refractivity contribution in [1.82, 2.24) is 0 Å². The summed E-state index contributed by atoms with van der Waals surface area (Å²) in [4.78, 5) is 0. The fourth-order valence-electron chi connectivity index (χ4n) is 1.38. The second kappa shape index (κ2) is 4.33. The SMILES string of the molecule is COc1cc(C)c(O)cc1C[C@@H](C)O. The molecule has 3 nitrogen and oxygen atoms in total. The standard InChI is InChI=1S/C11H16O3/c1-7-4-11(14-3)9(5-8(2)12)6-10(7)13/h4,6,8,12-13H,5H2,1-3H3/t8-/m1/s1. The summed E-state index contributed by atoms with van der Waals surface area (Å²) >= 11 is 0. The number of aliphatic hydroxyl groups is 1. The van der Waals surface area contributed by atoms with Crippen LogP contribution in [0, 0.1) is 6.92 Å².